The molecule has 1 unspecified atom stereocenters. The third kappa shape index (κ3) is 5.03. The Kier molecular flexibility index (Phi) is 5.36. The highest BCUT2D eigenvalue weighted by molar-refractivity contribution is 5.95. The molecule has 2 heterocycles. The van der Waals surface area contributed by atoms with E-state index in [1.165, 1.54) is 0 Å². The van der Waals surface area contributed by atoms with Gasteiger partial charge in [-0.2, -0.15) is 0 Å². The van der Waals surface area contributed by atoms with E-state index in [2.05, 4.69) is 4.98 Å². The summed E-state index contributed by atoms with van der Waals surface area (Å²) in [6.07, 6.45) is 2.17. The number of likely N-dealkylation sites (tertiary alicyclic amines) is 1. The molecular formula is C17H25N3O3. The molecule has 0 radical (unpaired) electrons. The molecule has 1 aromatic heterocycles. The molecule has 23 heavy (non-hydrogen) atoms. The topological polar surface area (TPSA) is 62.7 Å². The first-order valence-corrected chi connectivity index (χ1v) is 7.88. The average Bonchev–Trinajstić information content (AvgIpc) is 2.96. The Hall–Kier alpha value is -1.95. The van der Waals surface area contributed by atoms with Gasteiger partial charge in [0.15, 0.2) is 5.78 Å². The van der Waals surface area contributed by atoms with Crippen molar-refractivity contribution in [2.24, 2.45) is 0 Å². The lowest BCUT2D eigenvalue weighted by molar-refractivity contribution is 0.0283. The summed E-state index contributed by atoms with van der Waals surface area (Å²) >= 11 is 0. The van der Waals surface area contributed by atoms with Crippen molar-refractivity contribution in [3.05, 3.63) is 30.1 Å². The van der Waals surface area contributed by atoms with Gasteiger partial charge in [0.2, 0.25) is 0 Å². The van der Waals surface area contributed by atoms with Crippen molar-refractivity contribution >= 4 is 11.9 Å². The lowest BCUT2D eigenvalue weighted by Gasteiger charge is -2.26. The monoisotopic (exact) mass is 319 g/mol. The SMILES string of the molecule is CN(CC(=O)c1ccccn1)C1CCN(C(=O)OC(C)(C)C)C1. The average molecular weight is 319 g/mol. The zero-order chi connectivity index (χ0) is 17.0. The predicted octanol–water partition coefficient (Wildman–Crippen LogP) is 2.21. The summed E-state index contributed by atoms with van der Waals surface area (Å²) in [7, 11) is 1.91. The van der Waals surface area contributed by atoms with E-state index in [-0.39, 0.29) is 17.9 Å². The molecule has 0 aliphatic carbocycles. The maximum atomic E-state index is 12.2. The van der Waals surface area contributed by atoms with E-state index >= 15 is 0 Å². The Morgan fingerprint density at radius 2 is 2.13 bits per heavy atom. The molecule has 6 nitrogen and oxygen atoms in total. The molecule has 2 rings (SSSR count). The second-order valence-electron chi connectivity index (χ2n) is 6.92. The molecule has 126 valence electrons. The first-order valence-electron chi connectivity index (χ1n) is 7.88. The van der Waals surface area contributed by atoms with Crippen LogP contribution >= 0.6 is 0 Å². The second-order valence-corrected chi connectivity index (χ2v) is 6.92. The molecule has 1 aromatic rings. The van der Waals surface area contributed by atoms with Gasteiger partial charge in [-0.25, -0.2) is 4.79 Å². The van der Waals surface area contributed by atoms with E-state index in [0.717, 1.165) is 6.42 Å². The number of likely N-dealkylation sites (N-methyl/N-ethyl adjacent to an activating group) is 1. The maximum absolute atomic E-state index is 12.2. The van der Waals surface area contributed by atoms with Gasteiger partial charge in [0.25, 0.3) is 0 Å². The number of nitrogens with zero attached hydrogens (tertiary/aromatic N) is 3. The Bertz CT molecular complexity index is 554. The van der Waals surface area contributed by atoms with E-state index in [0.29, 0.717) is 25.3 Å². The number of ether oxygens (including phenoxy) is 1. The lowest BCUT2D eigenvalue weighted by atomic mass is 10.2. The van der Waals surface area contributed by atoms with Crippen molar-refractivity contribution < 1.29 is 14.3 Å². The van der Waals surface area contributed by atoms with Crippen molar-refractivity contribution in [3.8, 4) is 0 Å². The number of amides is 1. The van der Waals surface area contributed by atoms with Crippen LogP contribution in [0.25, 0.3) is 0 Å². The third-order valence-corrected chi connectivity index (χ3v) is 3.78. The summed E-state index contributed by atoms with van der Waals surface area (Å²) in [4.78, 5) is 32.1. The Balaban J connectivity index is 1.86. The molecule has 0 N–H and O–H groups in total. The first-order chi connectivity index (χ1) is 10.8. The molecule has 0 saturated carbocycles. The summed E-state index contributed by atoms with van der Waals surface area (Å²) in [6, 6.07) is 5.48. The smallest absolute Gasteiger partial charge is 0.410 e. The van der Waals surface area contributed by atoms with Crippen LogP contribution in [0.2, 0.25) is 0 Å². The predicted molar refractivity (Wildman–Crippen MR) is 87.4 cm³/mol. The summed E-state index contributed by atoms with van der Waals surface area (Å²) in [5.74, 6) is -0.0104. The molecule has 1 fully saturated rings. The number of pyridine rings is 1. The summed E-state index contributed by atoms with van der Waals surface area (Å²) in [5, 5.41) is 0. The maximum Gasteiger partial charge on any atom is 0.410 e. The first kappa shape index (κ1) is 17.4. The highest BCUT2D eigenvalue weighted by atomic mass is 16.6. The number of hydrogen-bond donors (Lipinski definition) is 0. The molecule has 0 bridgehead atoms. The minimum Gasteiger partial charge on any atom is -0.444 e. The van der Waals surface area contributed by atoms with Gasteiger partial charge < -0.3 is 9.64 Å². The van der Waals surface area contributed by atoms with Gasteiger partial charge in [0.1, 0.15) is 11.3 Å². The molecule has 0 spiro atoms. The normalized spacial score (nSPS) is 18.3. The Morgan fingerprint density at radius 3 is 2.74 bits per heavy atom. The van der Waals surface area contributed by atoms with E-state index in [1.54, 1.807) is 29.3 Å². The van der Waals surface area contributed by atoms with Crippen molar-refractivity contribution in [2.45, 2.75) is 38.8 Å². The summed E-state index contributed by atoms with van der Waals surface area (Å²) in [6.45, 7) is 7.11. The largest absolute Gasteiger partial charge is 0.444 e. The third-order valence-electron chi connectivity index (χ3n) is 3.78. The van der Waals surface area contributed by atoms with E-state index in [9.17, 15) is 9.59 Å². The second kappa shape index (κ2) is 7.08. The Morgan fingerprint density at radius 1 is 1.39 bits per heavy atom. The van der Waals surface area contributed by atoms with Gasteiger partial charge in [-0.05, 0) is 46.4 Å². The fraction of sp³-hybridized carbons (Fsp3) is 0.588. The van der Waals surface area contributed by atoms with Crippen molar-refractivity contribution in [1.82, 2.24) is 14.8 Å². The van der Waals surface area contributed by atoms with Crippen LogP contribution in [-0.2, 0) is 4.74 Å². The Labute approximate surface area is 137 Å². The van der Waals surface area contributed by atoms with Crippen molar-refractivity contribution in [1.29, 1.82) is 0 Å². The highest BCUT2D eigenvalue weighted by Gasteiger charge is 2.32. The minimum absolute atomic E-state index is 0.0104. The minimum atomic E-state index is -0.490. The van der Waals surface area contributed by atoms with Crippen LogP contribution in [0.5, 0.6) is 0 Å². The van der Waals surface area contributed by atoms with Crippen molar-refractivity contribution in [2.75, 3.05) is 26.7 Å². The zero-order valence-corrected chi connectivity index (χ0v) is 14.3. The molecule has 1 aliphatic rings. The standard InChI is InChI=1S/C17H25N3O3/c1-17(2,3)23-16(22)20-10-8-13(11-20)19(4)12-15(21)14-7-5-6-9-18-14/h5-7,9,13H,8,10-12H2,1-4H3. The van der Waals surface area contributed by atoms with Gasteiger partial charge in [0, 0.05) is 25.3 Å². The molecular weight excluding hydrogens is 294 g/mol. The summed E-state index contributed by atoms with van der Waals surface area (Å²) in [5.41, 5.74) is -0.0166. The van der Waals surface area contributed by atoms with Gasteiger partial charge in [-0.15, -0.1) is 0 Å². The zero-order valence-electron chi connectivity index (χ0n) is 14.3. The van der Waals surface area contributed by atoms with Gasteiger partial charge in [-0.1, -0.05) is 6.07 Å². The highest BCUT2D eigenvalue weighted by Crippen LogP contribution is 2.18. The van der Waals surface area contributed by atoms with Crippen LogP contribution in [0.15, 0.2) is 24.4 Å². The number of rotatable bonds is 4. The summed E-state index contributed by atoms with van der Waals surface area (Å²) < 4.78 is 5.39. The van der Waals surface area contributed by atoms with Gasteiger partial charge >= 0.3 is 6.09 Å². The molecule has 0 aromatic carbocycles. The van der Waals surface area contributed by atoms with E-state index in [4.69, 9.17) is 4.74 Å². The van der Waals surface area contributed by atoms with Crippen LogP contribution in [-0.4, -0.2) is 65.0 Å². The number of carbonyl (C=O) groups is 2. The van der Waals surface area contributed by atoms with Crippen LogP contribution in [0, 0.1) is 0 Å². The molecule has 1 saturated heterocycles. The van der Waals surface area contributed by atoms with Crippen LogP contribution < -0.4 is 0 Å². The fourth-order valence-electron chi connectivity index (χ4n) is 2.56. The van der Waals surface area contributed by atoms with Gasteiger partial charge in [0.05, 0.1) is 6.54 Å². The van der Waals surface area contributed by atoms with E-state index < -0.39 is 5.60 Å². The number of Topliss-reactive ketones (excluding diaryl/α,β-unsaturated/α-hetero) is 1. The lowest BCUT2D eigenvalue weighted by Crippen LogP contribution is -2.40. The number of hydrogen-bond acceptors (Lipinski definition) is 5. The molecule has 1 aliphatic heterocycles. The van der Waals surface area contributed by atoms with Crippen LogP contribution in [0.1, 0.15) is 37.7 Å². The fourth-order valence-corrected chi connectivity index (χ4v) is 2.56. The molecule has 6 heteroatoms. The van der Waals surface area contributed by atoms with Crippen LogP contribution in [0.3, 0.4) is 0 Å². The van der Waals surface area contributed by atoms with Crippen LogP contribution in [0.4, 0.5) is 4.79 Å². The van der Waals surface area contributed by atoms with E-state index in [1.807, 2.05) is 32.7 Å². The number of aromatic nitrogens is 1. The quantitative estimate of drug-likeness (QED) is 0.796. The number of carbonyl (C=O) groups excluding carboxylic acids is 2. The van der Waals surface area contributed by atoms with Crippen molar-refractivity contribution in [3.63, 3.8) is 0 Å². The molecule has 1 atom stereocenters. The molecule has 1 amide bonds. The number of ketones is 1. The van der Waals surface area contributed by atoms with Gasteiger partial charge in [-0.3, -0.25) is 14.7 Å².